The molecule has 0 unspecified atom stereocenters. The summed E-state index contributed by atoms with van der Waals surface area (Å²) in [6.07, 6.45) is 1.42. The number of amides is 3. The molecule has 0 saturated heterocycles. The highest BCUT2D eigenvalue weighted by Crippen LogP contribution is 2.25. The number of anilines is 1. The molecule has 1 aromatic heterocycles. The van der Waals surface area contributed by atoms with E-state index >= 15 is 0 Å². The van der Waals surface area contributed by atoms with E-state index in [4.69, 9.17) is 11.5 Å². The Kier molecular flexibility index (Phi) is 4.68. The number of carbonyl (C=O) groups is 2. The topological polar surface area (TPSA) is 136 Å². The van der Waals surface area contributed by atoms with Gasteiger partial charge >= 0.3 is 6.03 Å². The summed E-state index contributed by atoms with van der Waals surface area (Å²) in [6, 6.07) is 14.1. The third-order valence-corrected chi connectivity index (χ3v) is 3.85. The van der Waals surface area contributed by atoms with Crippen molar-refractivity contribution in [1.82, 2.24) is 9.78 Å². The number of nitrogens with two attached hydrogens (primary N) is 2. The number of carbonyl (C=O) groups excluding carboxylic acids is 2. The van der Waals surface area contributed by atoms with E-state index in [-0.39, 0.29) is 18.0 Å². The first-order chi connectivity index (χ1) is 12.5. The molecule has 0 atom stereocenters. The molecule has 6 N–H and O–H groups in total. The number of hydrogen-bond acceptors (Lipinski definition) is 4. The summed E-state index contributed by atoms with van der Waals surface area (Å²) in [6.45, 7) is -0.0544. The standard InChI is InChI=1S/C18H17N5O3/c19-16(25)15-9-23(22-17(15)21-18(20)26)13-7-5-11(6-8-13)14-4-2-1-3-12(14)10-24/h1-9,24H,10H2,(H2,19,25)(H3,20,21,22,26). The highest BCUT2D eigenvalue weighted by atomic mass is 16.3. The van der Waals surface area contributed by atoms with Crippen LogP contribution in [0.1, 0.15) is 15.9 Å². The van der Waals surface area contributed by atoms with E-state index < -0.39 is 11.9 Å². The van der Waals surface area contributed by atoms with Gasteiger partial charge in [-0.2, -0.15) is 0 Å². The highest BCUT2D eigenvalue weighted by molar-refractivity contribution is 6.01. The number of aliphatic hydroxyl groups excluding tert-OH is 1. The number of rotatable bonds is 5. The second-order valence-electron chi connectivity index (χ2n) is 5.55. The zero-order valence-electron chi connectivity index (χ0n) is 13.7. The molecule has 8 nitrogen and oxygen atoms in total. The summed E-state index contributed by atoms with van der Waals surface area (Å²) in [5, 5.41) is 15.9. The van der Waals surface area contributed by atoms with Crippen molar-refractivity contribution in [3.63, 3.8) is 0 Å². The van der Waals surface area contributed by atoms with Gasteiger partial charge in [0.2, 0.25) is 0 Å². The average Bonchev–Trinajstić information content (AvgIpc) is 3.05. The van der Waals surface area contributed by atoms with E-state index in [1.807, 2.05) is 36.4 Å². The van der Waals surface area contributed by atoms with Gasteiger partial charge in [0, 0.05) is 6.20 Å². The summed E-state index contributed by atoms with van der Waals surface area (Å²) >= 11 is 0. The fourth-order valence-electron chi connectivity index (χ4n) is 2.63. The molecule has 26 heavy (non-hydrogen) atoms. The Bertz CT molecular complexity index is 963. The number of urea groups is 1. The molecule has 0 fully saturated rings. The average molecular weight is 351 g/mol. The number of nitrogens with zero attached hydrogens (tertiary/aromatic N) is 2. The van der Waals surface area contributed by atoms with Crippen LogP contribution in [-0.2, 0) is 6.61 Å². The van der Waals surface area contributed by atoms with Crippen LogP contribution in [0.2, 0.25) is 0 Å². The predicted octanol–water partition coefficient (Wildman–Crippen LogP) is 1.62. The third kappa shape index (κ3) is 3.40. The van der Waals surface area contributed by atoms with Crippen molar-refractivity contribution in [2.24, 2.45) is 11.5 Å². The van der Waals surface area contributed by atoms with Crippen molar-refractivity contribution < 1.29 is 14.7 Å². The van der Waals surface area contributed by atoms with Crippen LogP contribution >= 0.6 is 0 Å². The first kappa shape index (κ1) is 17.2. The second-order valence-corrected chi connectivity index (χ2v) is 5.55. The zero-order valence-corrected chi connectivity index (χ0v) is 13.7. The second kappa shape index (κ2) is 7.08. The molecule has 2 aromatic carbocycles. The first-order valence-corrected chi connectivity index (χ1v) is 7.75. The molecule has 1 heterocycles. The van der Waals surface area contributed by atoms with Crippen molar-refractivity contribution in [2.45, 2.75) is 6.61 Å². The van der Waals surface area contributed by atoms with Gasteiger partial charge in [-0.3, -0.25) is 10.1 Å². The van der Waals surface area contributed by atoms with Crippen LogP contribution in [0.3, 0.4) is 0 Å². The molecule has 0 bridgehead atoms. The monoisotopic (exact) mass is 351 g/mol. The number of aliphatic hydroxyl groups is 1. The molecule has 0 radical (unpaired) electrons. The lowest BCUT2D eigenvalue weighted by atomic mass is 10.00. The van der Waals surface area contributed by atoms with Crippen molar-refractivity contribution in [3.05, 3.63) is 65.9 Å². The number of benzene rings is 2. The van der Waals surface area contributed by atoms with Gasteiger partial charge < -0.3 is 16.6 Å². The Morgan fingerprint density at radius 2 is 1.77 bits per heavy atom. The SMILES string of the molecule is NC(=O)Nc1nn(-c2ccc(-c3ccccc3CO)cc2)cc1C(N)=O. The lowest BCUT2D eigenvalue weighted by Gasteiger charge is -2.08. The Morgan fingerprint density at radius 1 is 1.08 bits per heavy atom. The van der Waals surface area contributed by atoms with Crippen LogP contribution in [0.25, 0.3) is 16.8 Å². The highest BCUT2D eigenvalue weighted by Gasteiger charge is 2.16. The van der Waals surface area contributed by atoms with E-state index in [1.54, 1.807) is 12.1 Å². The van der Waals surface area contributed by atoms with Crippen LogP contribution in [0.15, 0.2) is 54.7 Å². The first-order valence-electron chi connectivity index (χ1n) is 7.75. The lowest BCUT2D eigenvalue weighted by Crippen LogP contribution is -2.22. The van der Waals surface area contributed by atoms with Crippen LogP contribution in [0, 0.1) is 0 Å². The molecule has 3 rings (SSSR count). The van der Waals surface area contributed by atoms with Gasteiger partial charge in [-0.1, -0.05) is 36.4 Å². The fourth-order valence-corrected chi connectivity index (χ4v) is 2.63. The van der Waals surface area contributed by atoms with Crippen LogP contribution in [0.4, 0.5) is 10.6 Å². The third-order valence-electron chi connectivity index (χ3n) is 3.85. The molecule has 132 valence electrons. The summed E-state index contributed by atoms with van der Waals surface area (Å²) < 4.78 is 1.42. The van der Waals surface area contributed by atoms with E-state index in [0.29, 0.717) is 5.69 Å². The van der Waals surface area contributed by atoms with E-state index in [2.05, 4.69) is 10.4 Å². The molecule has 0 aliphatic carbocycles. The predicted molar refractivity (Wildman–Crippen MR) is 96.6 cm³/mol. The Hall–Kier alpha value is -3.65. The minimum atomic E-state index is -0.839. The molecule has 8 heteroatoms. The number of nitrogens with one attached hydrogen (secondary N) is 1. The summed E-state index contributed by atoms with van der Waals surface area (Å²) in [7, 11) is 0. The summed E-state index contributed by atoms with van der Waals surface area (Å²) in [5.41, 5.74) is 13.8. The maximum Gasteiger partial charge on any atom is 0.317 e. The number of primary amides is 2. The smallest absolute Gasteiger partial charge is 0.317 e. The van der Waals surface area contributed by atoms with Crippen molar-refractivity contribution in [3.8, 4) is 16.8 Å². The van der Waals surface area contributed by atoms with Gasteiger partial charge in [0.25, 0.3) is 5.91 Å². The van der Waals surface area contributed by atoms with Crippen LogP contribution in [0.5, 0.6) is 0 Å². The Labute approximate surface area is 149 Å². The minimum Gasteiger partial charge on any atom is -0.392 e. The van der Waals surface area contributed by atoms with E-state index in [9.17, 15) is 14.7 Å². The maximum absolute atomic E-state index is 11.5. The molecular formula is C18H17N5O3. The molecule has 3 amide bonds. The normalized spacial score (nSPS) is 10.5. The van der Waals surface area contributed by atoms with Gasteiger partial charge in [-0.05, 0) is 28.8 Å². The molecule has 0 aliphatic rings. The van der Waals surface area contributed by atoms with Crippen LogP contribution < -0.4 is 16.8 Å². The lowest BCUT2D eigenvalue weighted by molar-refractivity contribution is 0.100. The molecule has 0 spiro atoms. The fraction of sp³-hybridized carbons (Fsp3) is 0.0556. The maximum atomic E-state index is 11.5. The van der Waals surface area contributed by atoms with E-state index in [0.717, 1.165) is 16.7 Å². The Balaban J connectivity index is 1.96. The van der Waals surface area contributed by atoms with Gasteiger partial charge in [0.1, 0.15) is 5.56 Å². The van der Waals surface area contributed by atoms with Crippen LogP contribution in [-0.4, -0.2) is 26.8 Å². The van der Waals surface area contributed by atoms with Gasteiger partial charge in [-0.25, -0.2) is 9.48 Å². The quantitative estimate of drug-likeness (QED) is 0.555. The Morgan fingerprint density at radius 3 is 2.38 bits per heavy atom. The molecule has 3 aromatic rings. The zero-order chi connectivity index (χ0) is 18.7. The molecule has 0 saturated carbocycles. The van der Waals surface area contributed by atoms with E-state index in [1.165, 1.54) is 10.9 Å². The minimum absolute atomic E-state index is 0.000275. The summed E-state index contributed by atoms with van der Waals surface area (Å²) in [5.74, 6) is -0.729. The van der Waals surface area contributed by atoms with Gasteiger partial charge in [0.05, 0.1) is 12.3 Å². The van der Waals surface area contributed by atoms with Gasteiger partial charge in [0.15, 0.2) is 5.82 Å². The van der Waals surface area contributed by atoms with Crippen molar-refractivity contribution in [1.29, 1.82) is 0 Å². The van der Waals surface area contributed by atoms with Gasteiger partial charge in [-0.15, -0.1) is 5.10 Å². The molecule has 0 aliphatic heterocycles. The summed E-state index contributed by atoms with van der Waals surface area (Å²) in [4.78, 5) is 22.6. The van der Waals surface area contributed by atoms with Crippen molar-refractivity contribution in [2.75, 3.05) is 5.32 Å². The number of aromatic nitrogens is 2. The molecular weight excluding hydrogens is 334 g/mol. The largest absolute Gasteiger partial charge is 0.392 e. The number of hydrogen-bond donors (Lipinski definition) is 4. The van der Waals surface area contributed by atoms with Crippen molar-refractivity contribution >= 4 is 17.8 Å².